The van der Waals surface area contributed by atoms with Crippen molar-refractivity contribution >= 4 is 17.3 Å². The van der Waals surface area contributed by atoms with E-state index in [0.29, 0.717) is 12.1 Å². The molecule has 0 radical (unpaired) electrons. The molecule has 16 heavy (non-hydrogen) atoms. The van der Waals surface area contributed by atoms with Gasteiger partial charge in [-0.15, -0.1) is 0 Å². The minimum atomic E-state index is 0.0162. The quantitative estimate of drug-likeness (QED) is 0.749. The predicted octanol–water partition coefficient (Wildman–Crippen LogP) is 2.50. The summed E-state index contributed by atoms with van der Waals surface area (Å²) in [5.74, 6) is 0.0162. The van der Waals surface area contributed by atoms with Crippen LogP contribution in [0.15, 0.2) is 12.1 Å². The van der Waals surface area contributed by atoms with E-state index in [1.54, 1.807) is 0 Å². The maximum Gasteiger partial charge on any atom is 0.224 e. The van der Waals surface area contributed by atoms with Crippen LogP contribution >= 0.6 is 0 Å². The summed E-state index contributed by atoms with van der Waals surface area (Å²) >= 11 is 0. The molecule has 0 saturated carbocycles. The lowest BCUT2D eigenvalue weighted by Gasteiger charge is -2.18. The van der Waals surface area contributed by atoms with Crippen LogP contribution in [-0.2, 0) is 17.6 Å². The zero-order valence-corrected chi connectivity index (χ0v) is 9.68. The predicted molar refractivity (Wildman–Crippen MR) is 66.4 cm³/mol. The second-order valence-corrected chi connectivity index (χ2v) is 4.32. The van der Waals surface area contributed by atoms with Crippen molar-refractivity contribution in [2.45, 2.75) is 39.0 Å². The van der Waals surface area contributed by atoms with Gasteiger partial charge >= 0.3 is 0 Å². The van der Waals surface area contributed by atoms with Crippen LogP contribution in [-0.4, -0.2) is 5.91 Å². The molecule has 0 spiro atoms. The van der Waals surface area contributed by atoms with Crippen molar-refractivity contribution < 1.29 is 4.79 Å². The smallest absolute Gasteiger partial charge is 0.224 e. The van der Waals surface area contributed by atoms with Crippen LogP contribution in [0.25, 0.3) is 0 Å². The van der Waals surface area contributed by atoms with E-state index in [-0.39, 0.29) is 5.91 Å². The van der Waals surface area contributed by atoms with Crippen LogP contribution in [0.4, 0.5) is 11.4 Å². The van der Waals surface area contributed by atoms with E-state index in [4.69, 9.17) is 5.73 Å². The Morgan fingerprint density at radius 2 is 1.94 bits per heavy atom. The van der Waals surface area contributed by atoms with Gasteiger partial charge in [-0.05, 0) is 48.9 Å². The van der Waals surface area contributed by atoms with Gasteiger partial charge in [0, 0.05) is 6.42 Å². The molecule has 0 aliphatic heterocycles. The van der Waals surface area contributed by atoms with Gasteiger partial charge < -0.3 is 11.1 Å². The summed E-state index contributed by atoms with van der Waals surface area (Å²) in [6, 6.07) is 4.05. The highest BCUT2D eigenvalue weighted by Crippen LogP contribution is 2.29. The summed E-state index contributed by atoms with van der Waals surface area (Å²) < 4.78 is 0. The minimum absolute atomic E-state index is 0.0162. The molecule has 1 amide bonds. The van der Waals surface area contributed by atoms with Gasteiger partial charge in [0.2, 0.25) is 5.91 Å². The summed E-state index contributed by atoms with van der Waals surface area (Å²) in [6.45, 7) is 1.84. The molecule has 0 saturated heterocycles. The minimum Gasteiger partial charge on any atom is -0.397 e. The van der Waals surface area contributed by atoms with Crippen LogP contribution in [0.2, 0.25) is 0 Å². The van der Waals surface area contributed by atoms with Gasteiger partial charge in [0.25, 0.3) is 0 Å². The van der Waals surface area contributed by atoms with Crippen molar-refractivity contribution in [3.63, 3.8) is 0 Å². The highest BCUT2D eigenvalue weighted by atomic mass is 16.1. The fourth-order valence-electron chi connectivity index (χ4n) is 2.15. The van der Waals surface area contributed by atoms with Crippen molar-refractivity contribution in [1.82, 2.24) is 0 Å². The summed E-state index contributed by atoms with van der Waals surface area (Å²) in [7, 11) is 0. The van der Waals surface area contributed by atoms with Crippen LogP contribution < -0.4 is 11.1 Å². The van der Waals surface area contributed by atoms with E-state index < -0.39 is 0 Å². The van der Waals surface area contributed by atoms with E-state index in [0.717, 1.165) is 18.5 Å². The molecule has 1 aliphatic carbocycles. The van der Waals surface area contributed by atoms with Gasteiger partial charge in [-0.3, -0.25) is 4.79 Å². The molecule has 3 N–H and O–H groups in total. The van der Waals surface area contributed by atoms with Gasteiger partial charge in [-0.25, -0.2) is 0 Å². The second-order valence-electron chi connectivity index (χ2n) is 4.32. The van der Waals surface area contributed by atoms with Crippen molar-refractivity contribution in [2.75, 3.05) is 11.1 Å². The first-order valence-electron chi connectivity index (χ1n) is 5.92. The Kier molecular flexibility index (Phi) is 3.13. The highest BCUT2D eigenvalue weighted by molar-refractivity contribution is 5.93. The molecule has 0 fully saturated rings. The molecular weight excluding hydrogens is 200 g/mol. The van der Waals surface area contributed by atoms with Crippen LogP contribution in [0.3, 0.4) is 0 Å². The number of benzene rings is 1. The summed E-state index contributed by atoms with van der Waals surface area (Å²) in [5.41, 5.74) is 10.1. The first-order chi connectivity index (χ1) is 7.70. The third kappa shape index (κ3) is 2.18. The van der Waals surface area contributed by atoms with E-state index in [9.17, 15) is 4.79 Å². The lowest BCUT2D eigenvalue weighted by Crippen LogP contribution is -2.13. The molecule has 3 nitrogen and oxygen atoms in total. The molecular formula is C13H18N2O. The van der Waals surface area contributed by atoms with E-state index in [1.165, 1.54) is 24.0 Å². The molecule has 0 bridgehead atoms. The number of carbonyl (C=O) groups excluding carboxylic acids is 1. The van der Waals surface area contributed by atoms with Gasteiger partial charge in [-0.2, -0.15) is 0 Å². The van der Waals surface area contributed by atoms with Gasteiger partial charge in [0.15, 0.2) is 0 Å². The average molecular weight is 218 g/mol. The first-order valence-corrected chi connectivity index (χ1v) is 5.92. The Hall–Kier alpha value is -1.51. The van der Waals surface area contributed by atoms with Crippen molar-refractivity contribution in [1.29, 1.82) is 0 Å². The summed E-state index contributed by atoms with van der Waals surface area (Å²) in [5, 5.41) is 2.85. The number of hydrogen-bond donors (Lipinski definition) is 2. The number of carbonyl (C=O) groups is 1. The van der Waals surface area contributed by atoms with Gasteiger partial charge in [0.1, 0.15) is 0 Å². The SMILES string of the molecule is CCC(=O)Nc1cc2c(cc1N)CCCC2. The monoisotopic (exact) mass is 218 g/mol. The maximum absolute atomic E-state index is 11.3. The Morgan fingerprint density at radius 3 is 2.56 bits per heavy atom. The topological polar surface area (TPSA) is 55.1 Å². The third-order valence-corrected chi connectivity index (χ3v) is 3.11. The average Bonchev–Trinajstić information content (AvgIpc) is 2.30. The van der Waals surface area contributed by atoms with Crippen molar-refractivity contribution in [3.8, 4) is 0 Å². The molecule has 86 valence electrons. The second kappa shape index (κ2) is 4.56. The summed E-state index contributed by atoms with van der Waals surface area (Å²) in [4.78, 5) is 11.3. The van der Waals surface area contributed by atoms with E-state index in [2.05, 4.69) is 5.32 Å². The molecule has 3 heteroatoms. The number of nitrogen functional groups attached to an aromatic ring is 1. The third-order valence-electron chi connectivity index (χ3n) is 3.11. The number of fused-ring (bicyclic) bond motifs is 1. The fourth-order valence-corrected chi connectivity index (χ4v) is 2.15. The Balaban J connectivity index is 2.28. The molecule has 0 unspecified atom stereocenters. The van der Waals surface area contributed by atoms with Crippen LogP contribution in [0, 0.1) is 0 Å². The Labute approximate surface area is 96.0 Å². The zero-order valence-electron chi connectivity index (χ0n) is 9.68. The number of rotatable bonds is 2. The number of nitrogens with one attached hydrogen (secondary N) is 1. The van der Waals surface area contributed by atoms with Crippen molar-refractivity contribution in [2.24, 2.45) is 0 Å². The summed E-state index contributed by atoms with van der Waals surface area (Å²) in [6.07, 6.45) is 5.17. The molecule has 1 aromatic rings. The highest BCUT2D eigenvalue weighted by Gasteiger charge is 2.12. The van der Waals surface area contributed by atoms with Gasteiger partial charge in [0.05, 0.1) is 11.4 Å². The number of hydrogen-bond acceptors (Lipinski definition) is 2. The van der Waals surface area contributed by atoms with Crippen LogP contribution in [0.5, 0.6) is 0 Å². The fraction of sp³-hybridized carbons (Fsp3) is 0.462. The molecule has 1 aromatic carbocycles. The van der Waals surface area contributed by atoms with Crippen molar-refractivity contribution in [3.05, 3.63) is 23.3 Å². The largest absolute Gasteiger partial charge is 0.397 e. The maximum atomic E-state index is 11.3. The molecule has 0 heterocycles. The standard InChI is InChI=1S/C13H18N2O/c1-2-13(16)15-12-8-10-6-4-3-5-9(10)7-11(12)14/h7-8H,2-6,14H2,1H3,(H,15,16). The molecule has 0 atom stereocenters. The Bertz CT molecular complexity index is 413. The number of anilines is 2. The molecule has 2 rings (SSSR count). The van der Waals surface area contributed by atoms with Gasteiger partial charge in [-0.1, -0.05) is 6.92 Å². The Morgan fingerprint density at radius 1 is 1.31 bits per heavy atom. The van der Waals surface area contributed by atoms with E-state index in [1.807, 2.05) is 19.1 Å². The number of amides is 1. The number of aryl methyl sites for hydroxylation is 2. The zero-order chi connectivity index (χ0) is 11.5. The molecule has 1 aliphatic rings. The van der Waals surface area contributed by atoms with Crippen LogP contribution in [0.1, 0.15) is 37.3 Å². The number of nitrogens with two attached hydrogens (primary N) is 1. The van der Waals surface area contributed by atoms with E-state index >= 15 is 0 Å². The first kappa shape index (κ1) is 11.0. The normalized spacial score (nSPS) is 14.3. The lowest BCUT2D eigenvalue weighted by molar-refractivity contribution is -0.115. The molecule has 0 aromatic heterocycles. The lowest BCUT2D eigenvalue weighted by atomic mass is 9.91.